The summed E-state index contributed by atoms with van der Waals surface area (Å²) < 4.78 is 23.1. The van der Waals surface area contributed by atoms with E-state index in [1.165, 1.54) is 19.1 Å². The number of sulfone groups is 1. The molecule has 1 amide bonds. The van der Waals surface area contributed by atoms with Crippen LogP contribution in [0, 0.1) is 11.8 Å². The van der Waals surface area contributed by atoms with Crippen molar-refractivity contribution >= 4 is 28.2 Å². The van der Waals surface area contributed by atoms with Crippen LogP contribution in [0.1, 0.15) is 45.4 Å². The van der Waals surface area contributed by atoms with Crippen LogP contribution in [0.25, 0.3) is 0 Å². The average molecular weight is 353 g/mol. The van der Waals surface area contributed by atoms with Crippen molar-refractivity contribution in [1.29, 1.82) is 0 Å². The molecule has 1 aliphatic heterocycles. The van der Waals surface area contributed by atoms with Crippen LogP contribution in [0.15, 0.2) is 0 Å². The van der Waals surface area contributed by atoms with Crippen molar-refractivity contribution in [3.63, 3.8) is 0 Å². The molecule has 7 heteroatoms. The predicted octanol–water partition coefficient (Wildman–Crippen LogP) is 1.52. The molecule has 2 unspecified atom stereocenters. The van der Waals surface area contributed by atoms with Gasteiger partial charge < -0.3 is 10.6 Å². The Kier molecular flexibility index (Phi) is 7.15. The second kappa shape index (κ2) is 7.97. The number of rotatable bonds is 4. The first kappa shape index (κ1) is 19.7. The second-order valence-electron chi connectivity index (χ2n) is 6.86. The van der Waals surface area contributed by atoms with Gasteiger partial charge in [-0.1, -0.05) is 19.8 Å². The van der Waals surface area contributed by atoms with Crippen molar-refractivity contribution in [3.8, 4) is 0 Å². The van der Waals surface area contributed by atoms with E-state index in [4.69, 9.17) is 0 Å². The first-order valence-corrected chi connectivity index (χ1v) is 9.93. The van der Waals surface area contributed by atoms with Gasteiger partial charge in [-0.2, -0.15) is 0 Å². The first-order valence-electron chi connectivity index (χ1n) is 8.04. The van der Waals surface area contributed by atoms with Crippen LogP contribution in [-0.4, -0.2) is 45.0 Å². The molecule has 0 spiro atoms. The Morgan fingerprint density at radius 3 is 2.45 bits per heavy atom. The minimum absolute atomic E-state index is 0. The lowest BCUT2D eigenvalue weighted by atomic mass is 9.82. The van der Waals surface area contributed by atoms with Crippen molar-refractivity contribution < 1.29 is 13.2 Å². The molecule has 5 nitrogen and oxygen atoms in total. The lowest BCUT2D eigenvalue weighted by Gasteiger charge is -2.35. The highest BCUT2D eigenvalue weighted by molar-refractivity contribution is 7.92. The molecule has 0 aromatic carbocycles. The minimum Gasteiger partial charge on any atom is -0.354 e. The third-order valence-electron chi connectivity index (χ3n) is 5.13. The number of halogens is 1. The summed E-state index contributed by atoms with van der Waals surface area (Å²) in [5.74, 6) is 0.921. The normalized spacial score (nSPS) is 28.5. The van der Waals surface area contributed by atoms with Gasteiger partial charge in [0.05, 0.1) is 0 Å². The fourth-order valence-electron chi connectivity index (χ4n) is 3.74. The SMILES string of the molecule is CC1CCCC(CNC(=O)C2(S(C)(=O)=O)CCNCC2)C1.Cl. The molecule has 0 bridgehead atoms. The topological polar surface area (TPSA) is 75.3 Å². The summed E-state index contributed by atoms with van der Waals surface area (Å²) in [5, 5.41) is 6.08. The van der Waals surface area contributed by atoms with Gasteiger partial charge in [-0.05, 0) is 50.6 Å². The molecule has 2 fully saturated rings. The Morgan fingerprint density at radius 1 is 1.27 bits per heavy atom. The molecule has 0 aromatic heterocycles. The highest BCUT2D eigenvalue weighted by Gasteiger charge is 2.48. The highest BCUT2D eigenvalue weighted by Crippen LogP contribution is 2.30. The van der Waals surface area contributed by atoms with Crippen LogP contribution < -0.4 is 10.6 Å². The zero-order chi connectivity index (χ0) is 15.5. The smallest absolute Gasteiger partial charge is 0.241 e. The summed E-state index contributed by atoms with van der Waals surface area (Å²) in [5.41, 5.74) is 0. The van der Waals surface area contributed by atoms with Crippen LogP contribution in [0.4, 0.5) is 0 Å². The van der Waals surface area contributed by atoms with Crippen molar-refractivity contribution in [2.75, 3.05) is 25.9 Å². The van der Waals surface area contributed by atoms with Crippen LogP contribution in [-0.2, 0) is 14.6 Å². The third kappa shape index (κ3) is 4.36. The fraction of sp³-hybridized carbons (Fsp3) is 0.933. The number of hydrogen-bond donors (Lipinski definition) is 2. The molecule has 1 saturated heterocycles. The van der Waals surface area contributed by atoms with E-state index in [0.717, 1.165) is 12.8 Å². The number of carbonyl (C=O) groups excluding carboxylic acids is 1. The van der Waals surface area contributed by atoms with E-state index in [2.05, 4.69) is 17.6 Å². The fourth-order valence-corrected chi connectivity index (χ4v) is 5.09. The van der Waals surface area contributed by atoms with E-state index >= 15 is 0 Å². The molecule has 0 aromatic rings. The average Bonchev–Trinajstić information content (AvgIpc) is 2.44. The Balaban J connectivity index is 0.00000242. The number of nitrogens with one attached hydrogen (secondary N) is 2. The van der Waals surface area contributed by atoms with Gasteiger partial charge in [-0.3, -0.25) is 4.79 Å². The molecular formula is C15H29ClN2O3S. The number of carbonyl (C=O) groups is 1. The first-order chi connectivity index (χ1) is 9.85. The summed E-state index contributed by atoms with van der Waals surface area (Å²) in [6.45, 7) is 4.04. The van der Waals surface area contributed by atoms with Crippen LogP contribution in [0.2, 0.25) is 0 Å². The number of piperidine rings is 1. The standard InChI is InChI=1S/C15H28N2O3S.ClH/c1-12-4-3-5-13(10-12)11-17-14(18)15(21(2,19)20)6-8-16-9-7-15;/h12-13,16H,3-11H2,1-2H3,(H,17,18);1H. The Morgan fingerprint density at radius 2 is 1.91 bits per heavy atom. The Bertz CT molecular complexity index is 475. The quantitative estimate of drug-likeness (QED) is 0.804. The minimum atomic E-state index is -3.40. The molecule has 1 aliphatic carbocycles. The Hall–Kier alpha value is -0.330. The number of hydrogen-bond acceptors (Lipinski definition) is 4. The molecule has 2 N–H and O–H groups in total. The van der Waals surface area contributed by atoms with Gasteiger partial charge >= 0.3 is 0 Å². The summed E-state index contributed by atoms with van der Waals surface area (Å²) in [6, 6.07) is 0. The van der Waals surface area contributed by atoms with Crippen molar-refractivity contribution in [1.82, 2.24) is 10.6 Å². The van der Waals surface area contributed by atoms with Gasteiger partial charge in [0.1, 0.15) is 0 Å². The van der Waals surface area contributed by atoms with Gasteiger partial charge in [0.15, 0.2) is 14.6 Å². The largest absolute Gasteiger partial charge is 0.354 e. The maximum absolute atomic E-state index is 12.6. The van der Waals surface area contributed by atoms with E-state index in [9.17, 15) is 13.2 Å². The van der Waals surface area contributed by atoms with Crippen LogP contribution >= 0.6 is 12.4 Å². The molecule has 22 heavy (non-hydrogen) atoms. The summed E-state index contributed by atoms with van der Waals surface area (Å²) in [6.07, 6.45) is 6.69. The maximum atomic E-state index is 12.6. The predicted molar refractivity (Wildman–Crippen MR) is 91.1 cm³/mol. The van der Waals surface area contributed by atoms with E-state index < -0.39 is 14.6 Å². The molecule has 1 saturated carbocycles. The van der Waals surface area contributed by atoms with Gasteiger partial charge in [0, 0.05) is 12.8 Å². The molecule has 1 heterocycles. The molecule has 0 radical (unpaired) electrons. The van der Waals surface area contributed by atoms with Gasteiger partial charge in [-0.15, -0.1) is 12.4 Å². The molecule has 2 rings (SSSR count). The molecule has 2 atom stereocenters. The van der Waals surface area contributed by atoms with E-state index in [1.807, 2.05) is 0 Å². The highest BCUT2D eigenvalue weighted by atomic mass is 35.5. The third-order valence-corrected chi connectivity index (χ3v) is 7.14. The van der Waals surface area contributed by atoms with E-state index in [-0.39, 0.29) is 18.3 Å². The summed E-state index contributed by atoms with van der Waals surface area (Å²) in [4.78, 5) is 12.6. The molecule has 2 aliphatic rings. The lowest BCUT2D eigenvalue weighted by molar-refractivity contribution is -0.124. The lowest BCUT2D eigenvalue weighted by Crippen LogP contribution is -2.57. The summed E-state index contributed by atoms with van der Waals surface area (Å²) in [7, 11) is -3.40. The van der Waals surface area contributed by atoms with E-state index in [1.54, 1.807) is 0 Å². The molecular weight excluding hydrogens is 324 g/mol. The zero-order valence-corrected chi connectivity index (χ0v) is 15.2. The number of amides is 1. The maximum Gasteiger partial charge on any atom is 0.241 e. The monoisotopic (exact) mass is 352 g/mol. The van der Waals surface area contributed by atoms with Crippen molar-refractivity contribution in [2.45, 2.75) is 50.2 Å². The van der Waals surface area contributed by atoms with Gasteiger partial charge in [-0.25, -0.2) is 8.42 Å². The van der Waals surface area contributed by atoms with Crippen LogP contribution in [0.3, 0.4) is 0 Å². The van der Waals surface area contributed by atoms with Crippen molar-refractivity contribution in [3.05, 3.63) is 0 Å². The molecule has 130 valence electrons. The van der Waals surface area contributed by atoms with Crippen LogP contribution in [0.5, 0.6) is 0 Å². The van der Waals surface area contributed by atoms with Gasteiger partial charge in [0.2, 0.25) is 5.91 Å². The van der Waals surface area contributed by atoms with E-state index in [0.29, 0.717) is 44.3 Å². The van der Waals surface area contributed by atoms with Crippen molar-refractivity contribution in [2.24, 2.45) is 11.8 Å². The zero-order valence-electron chi connectivity index (χ0n) is 13.6. The summed E-state index contributed by atoms with van der Waals surface area (Å²) >= 11 is 0. The van der Waals surface area contributed by atoms with Gasteiger partial charge in [0.25, 0.3) is 0 Å². The second-order valence-corrected chi connectivity index (χ2v) is 9.19. The Labute approximate surface area is 140 Å².